The molecule has 2 fully saturated rings. The molecule has 0 saturated carbocycles. The Balaban J connectivity index is 1.51. The molecule has 1 aromatic carbocycles. The van der Waals surface area contributed by atoms with Gasteiger partial charge in [-0.1, -0.05) is 11.6 Å². The number of nitriles is 1. The number of hydrogen-bond donors (Lipinski definition) is 2. The Morgan fingerprint density at radius 3 is 2.73 bits per heavy atom. The molecule has 2 aliphatic rings. The maximum absolute atomic E-state index is 8.95. The summed E-state index contributed by atoms with van der Waals surface area (Å²) in [6.45, 7) is 1.94. The summed E-state index contributed by atoms with van der Waals surface area (Å²) in [6.07, 6.45) is 6.19. The van der Waals surface area contributed by atoms with Crippen LogP contribution in [0.5, 0.6) is 5.88 Å². The third-order valence-electron chi connectivity index (χ3n) is 5.10. The molecule has 26 heavy (non-hydrogen) atoms. The van der Waals surface area contributed by atoms with Crippen molar-refractivity contribution in [3.63, 3.8) is 0 Å². The first kappa shape index (κ1) is 17.1. The van der Waals surface area contributed by atoms with Crippen molar-refractivity contribution in [3.05, 3.63) is 40.7 Å². The Kier molecular flexibility index (Phi) is 4.66. The van der Waals surface area contributed by atoms with Gasteiger partial charge in [0.15, 0.2) is 0 Å². The van der Waals surface area contributed by atoms with Gasteiger partial charge in [0.1, 0.15) is 18.2 Å². The molecule has 134 valence electrons. The number of nitrogens with zero attached hydrogens (tertiary/aromatic N) is 3. The molecule has 2 N–H and O–H groups in total. The highest BCUT2D eigenvalue weighted by atomic mass is 35.5. The van der Waals surface area contributed by atoms with Gasteiger partial charge in [0.05, 0.1) is 27.9 Å². The fourth-order valence-corrected chi connectivity index (χ4v) is 3.98. The van der Waals surface area contributed by atoms with E-state index in [-0.39, 0.29) is 6.10 Å². The number of halogens is 1. The lowest BCUT2D eigenvalue weighted by molar-refractivity contribution is 0.131. The molecule has 1 aromatic heterocycles. The molecule has 6 nitrogen and oxygen atoms in total. The molecule has 3 heterocycles. The fourth-order valence-electron chi connectivity index (χ4n) is 3.75. The van der Waals surface area contributed by atoms with Crippen LogP contribution in [0.25, 0.3) is 0 Å². The number of benzene rings is 1. The van der Waals surface area contributed by atoms with E-state index in [0.717, 1.165) is 18.4 Å². The number of ether oxygens (including phenoxy) is 1. The Labute approximate surface area is 157 Å². The second-order valence-corrected chi connectivity index (χ2v) is 7.34. The Morgan fingerprint density at radius 2 is 2.04 bits per heavy atom. The average Bonchev–Trinajstić information content (AvgIpc) is 2.98. The summed E-state index contributed by atoms with van der Waals surface area (Å²) in [5.41, 5.74) is 2.06. The molecular formula is C19H20ClN5O. The zero-order chi connectivity index (χ0) is 18.1. The summed E-state index contributed by atoms with van der Waals surface area (Å²) in [5.74, 6) is 1.26. The van der Waals surface area contributed by atoms with Gasteiger partial charge in [0, 0.05) is 12.1 Å². The number of nitrogens with one attached hydrogen (secondary N) is 2. The molecule has 4 rings (SSSR count). The maximum Gasteiger partial charge on any atom is 0.221 e. The highest BCUT2D eigenvalue weighted by Gasteiger charge is 2.34. The monoisotopic (exact) mass is 369 g/mol. The smallest absolute Gasteiger partial charge is 0.221 e. The lowest BCUT2D eigenvalue weighted by atomic mass is 10.0. The molecule has 2 atom stereocenters. The van der Waals surface area contributed by atoms with Crippen molar-refractivity contribution >= 4 is 23.1 Å². The third kappa shape index (κ3) is 3.46. The standard InChI is InChI=1S/C19H20ClN5O/c1-11-18(25-17-5-2-12(9-21)6-16(17)20)22-10-23-19(11)26-15-7-13-3-4-14(8-15)24-13/h2,5-6,10,13-15,24H,3-4,7-8H2,1H3,(H,22,23,25). The quantitative estimate of drug-likeness (QED) is 0.854. The summed E-state index contributed by atoms with van der Waals surface area (Å²) in [6, 6.07) is 8.32. The fraction of sp³-hybridized carbons (Fsp3) is 0.421. The lowest BCUT2D eigenvalue weighted by Crippen LogP contribution is -2.42. The molecule has 2 aliphatic heterocycles. The van der Waals surface area contributed by atoms with E-state index in [9.17, 15) is 0 Å². The lowest BCUT2D eigenvalue weighted by Gasteiger charge is -2.29. The topological polar surface area (TPSA) is 82.9 Å². The third-order valence-corrected chi connectivity index (χ3v) is 5.41. The van der Waals surface area contributed by atoms with Crippen LogP contribution in [-0.2, 0) is 0 Å². The molecule has 2 saturated heterocycles. The van der Waals surface area contributed by atoms with E-state index in [1.54, 1.807) is 18.2 Å². The Hall–Kier alpha value is -2.36. The van der Waals surface area contributed by atoms with Crippen molar-refractivity contribution in [1.29, 1.82) is 5.26 Å². The largest absolute Gasteiger partial charge is 0.474 e. The molecule has 2 bridgehead atoms. The van der Waals surface area contributed by atoms with Crippen molar-refractivity contribution in [2.75, 3.05) is 5.32 Å². The van der Waals surface area contributed by atoms with Gasteiger partial charge in [-0.15, -0.1) is 0 Å². The van der Waals surface area contributed by atoms with Gasteiger partial charge in [-0.2, -0.15) is 5.26 Å². The van der Waals surface area contributed by atoms with E-state index in [1.165, 1.54) is 19.2 Å². The van der Waals surface area contributed by atoms with Gasteiger partial charge in [0.25, 0.3) is 0 Å². The molecule has 0 radical (unpaired) electrons. The normalized spacial score (nSPS) is 24.1. The van der Waals surface area contributed by atoms with Gasteiger partial charge in [0.2, 0.25) is 5.88 Å². The van der Waals surface area contributed by atoms with E-state index in [4.69, 9.17) is 21.6 Å². The van der Waals surface area contributed by atoms with Crippen molar-refractivity contribution in [2.45, 2.75) is 50.8 Å². The summed E-state index contributed by atoms with van der Waals surface area (Å²) in [4.78, 5) is 8.64. The van der Waals surface area contributed by atoms with Crippen LogP contribution in [0.3, 0.4) is 0 Å². The van der Waals surface area contributed by atoms with Crippen LogP contribution in [-0.4, -0.2) is 28.2 Å². The van der Waals surface area contributed by atoms with Crippen LogP contribution in [0.2, 0.25) is 5.02 Å². The number of aromatic nitrogens is 2. The first-order valence-corrected chi connectivity index (χ1v) is 9.21. The van der Waals surface area contributed by atoms with Crippen molar-refractivity contribution in [3.8, 4) is 11.9 Å². The minimum Gasteiger partial charge on any atom is -0.474 e. The number of piperidine rings is 1. The predicted molar refractivity (Wildman–Crippen MR) is 99.8 cm³/mol. The van der Waals surface area contributed by atoms with Crippen LogP contribution in [0.1, 0.15) is 36.8 Å². The van der Waals surface area contributed by atoms with Crippen LogP contribution in [0, 0.1) is 18.3 Å². The van der Waals surface area contributed by atoms with E-state index in [1.807, 2.05) is 6.92 Å². The molecule has 7 heteroatoms. The second kappa shape index (κ2) is 7.10. The Morgan fingerprint density at radius 1 is 1.27 bits per heavy atom. The van der Waals surface area contributed by atoms with Crippen molar-refractivity contribution in [2.24, 2.45) is 0 Å². The minimum atomic E-state index is 0.189. The highest BCUT2D eigenvalue weighted by Crippen LogP contribution is 2.32. The number of fused-ring (bicyclic) bond motifs is 2. The van der Waals surface area contributed by atoms with Crippen molar-refractivity contribution < 1.29 is 4.74 Å². The number of anilines is 2. The summed E-state index contributed by atoms with van der Waals surface area (Å²) in [7, 11) is 0. The van der Waals surface area contributed by atoms with Gasteiger partial charge < -0.3 is 15.4 Å². The molecular weight excluding hydrogens is 350 g/mol. The maximum atomic E-state index is 8.95. The van der Waals surface area contributed by atoms with E-state index < -0.39 is 0 Å². The zero-order valence-electron chi connectivity index (χ0n) is 14.5. The molecule has 0 aliphatic carbocycles. The first-order chi connectivity index (χ1) is 12.6. The minimum absolute atomic E-state index is 0.189. The molecule has 0 amide bonds. The highest BCUT2D eigenvalue weighted by molar-refractivity contribution is 6.33. The number of rotatable bonds is 4. The summed E-state index contributed by atoms with van der Waals surface area (Å²) < 4.78 is 6.20. The second-order valence-electron chi connectivity index (χ2n) is 6.93. The van der Waals surface area contributed by atoms with Gasteiger partial charge >= 0.3 is 0 Å². The summed E-state index contributed by atoms with van der Waals surface area (Å²) >= 11 is 6.25. The van der Waals surface area contributed by atoms with Crippen LogP contribution >= 0.6 is 11.6 Å². The van der Waals surface area contributed by atoms with Gasteiger partial charge in [-0.3, -0.25) is 0 Å². The summed E-state index contributed by atoms with van der Waals surface area (Å²) in [5, 5.41) is 16.3. The number of hydrogen-bond acceptors (Lipinski definition) is 6. The van der Waals surface area contributed by atoms with Gasteiger partial charge in [-0.05, 0) is 50.8 Å². The SMILES string of the molecule is Cc1c(Nc2ccc(C#N)cc2Cl)ncnc1OC1CC2CCC(C1)N2. The van der Waals surface area contributed by atoms with Gasteiger partial charge in [-0.25, -0.2) is 9.97 Å². The predicted octanol–water partition coefficient (Wildman–Crippen LogP) is 3.72. The average molecular weight is 370 g/mol. The molecule has 2 unspecified atom stereocenters. The van der Waals surface area contributed by atoms with Crippen LogP contribution < -0.4 is 15.4 Å². The van der Waals surface area contributed by atoms with E-state index in [0.29, 0.717) is 40.1 Å². The van der Waals surface area contributed by atoms with Crippen LogP contribution in [0.15, 0.2) is 24.5 Å². The van der Waals surface area contributed by atoms with Crippen LogP contribution in [0.4, 0.5) is 11.5 Å². The first-order valence-electron chi connectivity index (χ1n) is 8.83. The zero-order valence-corrected chi connectivity index (χ0v) is 15.3. The molecule has 2 aromatic rings. The molecule has 0 spiro atoms. The Bertz CT molecular complexity index is 853. The van der Waals surface area contributed by atoms with E-state index >= 15 is 0 Å². The van der Waals surface area contributed by atoms with Crippen molar-refractivity contribution in [1.82, 2.24) is 15.3 Å². The van der Waals surface area contributed by atoms with E-state index in [2.05, 4.69) is 26.7 Å².